The average Bonchev–Trinajstić information content (AvgIpc) is 2.98. The fourth-order valence-electron chi connectivity index (χ4n) is 3.84. The van der Waals surface area contributed by atoms with Gasteiger partial charge in [0.05, 0.1) is 66.1 Å². The van der Waals surface area contributed by atoms with Crippen LogP contribution in [0.1, 0.15) is 58.8 Å². The summed E-state index contributed by atoms with van der Waals surface area (Å²) in [6.07, 6.45) is 8.13. The molecule has 0 amide bonds. The molecule has 0 radical (unpaired) electrons. The van der Waals surface area contributed by atoms with E-state index in [0.29, 0.717) is 39.6 Å². The first-order valence-electron chi connectivity index (χ1n) is 15.8. The van der Waals surface area contributed by atoms with Crippen LogP contribution >= 0.6 is 0 Å². The number of hydrogen-bond donors (Lipinski definition) is 3. The summed E-state index contributed by atoms with van der Waals surface area (Å²) in [6, 6.07) is 0. The number of unbranched alkanes of at least 4 members (excludes halogenated alkanes) is 4. The van der Waals surface area contributed by atoms with Crippen LogP contribution in [-0.2, 0) is 28.4 Å². The first-order chi connectivity index (χ1) is 20.2. The molecular formula is C30H66N2O9. The van der Waals surface area contributed by atoms with E-state index in [9.17, 15) is 0 Å². The van der Waals surface area contributed by atoms with Gasteiger partial charge in [-0.3, -0.25) is 9.80 Å². The summed E-state index contributed by atoms with van der Waals surface area (Å²) < 4.78 is 31.9. The van der Waals surface area contributed by atoms with E-state index in [2.05, 4.69) is 16.7 Å². The van der Waals surface area contributed by atoms with E-state index in [-0.39, 0.29) is 19.8 Å². The minimum absolute atomic E-state index is 0.0705. The molecule has 0 fully saturated rings. The first kappa shape index (κ1) is 42.7. The van der Waals surface area contributed by atoms with Crippen LogP contribution in [0.15, 0.2) is 0 Å². The van der Waals surface area contributed by atoms with Crippen molar-refractivity contribution in [1.29, 1.82) is 0 Å². The Bertz CT molecular complexity index is 442. The quantitative estimate of drug-likeness (QED) is 0.0963. The number of aliphatic hydroxyl groups excluding tert-OH is 3. The highest BCUT2D eigenvalue weighted by Crippen LogP contribution is 2.05. The summed E-state index contributed by atoms with van der Waals surface area (Å²) in [5.74, 6) is 0. The highest BCUT2D eigenvalue weighted by molar-refractivity contribution is 4.59. The molecule has 0 unspecified atom stereocenters. The van der Waals surface area contributed by atoms with E-state index in [4.69, 9.17) is 43.7 Å². The molecular weight excluding hydrogens is 532 g/mol. The summed E-state index contributed by atoms with van der Waals surface area (Å²) in [5.41, 5.74) is 0. The normalized spacial score (nSPS) is 11.4. The van der Waals surface area contributed by atoms with Gasteiger partial charge in [-0.1, -0.05) is 26.2 Å². The predicted octanol–water partition coefficient (Wildman–Crippen LogP) is 2.05. The van der Waals surface area contributed by atoms with Crippen molar-refractivity contribution in [2.45, 2.75) is 58.8 Å². The lowest BCUT2D eigenvalue weighted by Crippen LogP contribution is -2.32. The lowest BCUT2D eigenvalue weighted by atomic mass is 10.1. The fraction of sp³-hybridized carbons (Fsp3) is 1.00. The zero-order valence-corrected chi connectivity index (χ0v) is 26.8. The van der Waals surface area contributed by atoms with Gasteiger partial charge in [0.1, 0.15) is 0 Å². The van der Waals surface area contributed by atoms with Crippen molar-refractivity contribution in [2.24, 2.45) is 0 Å². The van der Waals surface area contributed by atoms with Crippen LogP contribution in [0.25, 0.3) is 0 Å². The lowest BCUT2D eigenvalue weighted by molar-refractivity contribution is 0.0503. The second kappa shape index (κ2) is 39.6. The molecule has 0 aromatic heterocycles. The predicted molar refractivity (Wildman–Crippen MR) is 164 cm³/mol. The molecule has 0 atom stereocenters. The second-order valence-electron chi connectivity index (χ2n) is 9.61. The van der Waals surface area contributed by atoms with Crippen LogP contribution in [-0.4, -0.2) is 164 Å². The molecule has 11 nitrogen and oxygen atoms in total. The van der Waals surface area contributed by atoms with Crippen molar-refractivity contribution >= 4 is 0 Å². The molecule has 0 aliphatic rings. The smallest absolute Gasteiger partial charge is 0.0698 e. The Labute approximate surface area is 251 Å². The Hall–Kier alpha value is -0.440. The summed E-state index contributed by atoms with van der Waals surface area (Å²) in [4.78, 5) is 4.65. The zero-order chi connectivity index (χ0) is 30.5. The molecule has 0 aromatic carbocycles. The van der Waals surface area contributed by atoms with Crippen LogP contribution in [0.5, 0.6) is 0 Å². The molecule has 0 saturated carbocycles. The van der Waals surface area contributed by atoms with Crippen LogP contribution in [0, 0.1) is 0 Å². The summed E-state index contributed by atoms with van der Waals surface area (Å²) in [5, 5.41) is 26.1. The number of methoxy groups -OCH3 is 1. The number of ether oxygens (including phenoxy) is 6. The highest BCUT2D eigenvalue weighted by Gasteiger charge is 2.06. The van der Waals surface area contributed by atoms with E-state index in [0.717, 1.165) is 91.6 Å². The fourth-order valence-corrected chi connectivity index (χ4v) is 3.84. The number of hydrogen-bond acceptors (Lipinski definition) is 11. The Morgan fingerprint density at radius 2 is 0.854 bits per heavy atom. The van der Waals surface area contributed by atoms with Gasteiger partial charge in [-0.15, -0.1) is 0 Å². The van der Waals surface area contributed by atoms with Crippen molar-refractivity contribution in [3.05, 3.63) is 0 Å². The molecule has 3 N–H and O–H groups in total. The number of nitrogens with zero attached hydrogens (tertiary/aromatic N) is 2. The maximum absolute atomic E-state index is 8.70. The highest BCUT2D eigenvalue weighted by atomic mass is 16.5. The molecule has 0 heterocycles. The maximum atomic E-state index is 8.70. The van der Waals surface area contributed by atoms with Crippen molar-refractivity contribution in [1.82, 2.24) is 9.80 Å². The Morgan fingerprint density at radius 3 is 1.32 bits per heavy atom. The van der Waals surface area contributed by atoms with Crippen molar-refractivity contribution < 1.29 is 43.7 Å². The average molecular weight is 599 g/mol. The minimum Gasteiger partial charge on any atom is -0.394 e. The van der Waals surface area contributed by atoms with Crippen LogP contribution in [0.2, 0.25) is 0 Å². The standard InChI is InChI=1S/C16H35NO5.C14H31NO4/c1-20-12-6-4-2-3-5-7-17(8-13-21-15-10-18)9-14-22-16-11-19;1-3-10-18-11-5-6-15(7-12-17-4-2)8-13-19-14-9-16/h18-19H,2-16H2,1H3;16H,3-14H2,1-2H3. The van der Waals surface area contributed by atoms with Gasteiger partial charge >= 0.3 is 0 Å². The topological polar surface area (TPSA) is 123 Å². The van der Waals surface area contributed by atoms with E-state index in [1.54, 1.807) is 7.11 Å². The third-order valence-electron chi connectivity index (χ3n) is 6.05. The Kier molecular flexibility index (Phi) is 41.2. The molecule has 0 aliphatic carbocycles. The van der Waals surface area contributed by atoms with Crippen LogP contribution in [0.3, 0.4) is 0 Å². The third kappa shape index (κ3) is 37.5. The van der Waals surface area contributed by atoms with Gasteiger partial charge in [-0.25, -0.2) is 0 Å². The van der Waals surface area contributed by atoms with E-state index >= 15 is 0 Å². The SMILES string of the molecule is CCCOCCCN(CCOCC)CCOCCO.COCCCCCCCN(CCOCCO)CCOCCO. The summed E-state index contributed by atoms with van der Waals surface area (Å²) in [6.45, 7) is 17.1. The Balaban J connectivity index is 0. The number of rotatable bonds is 33. The van der Waals surface area contributed by atoms with E-state index in [1.165, 1.54) is 25.7 Å². The molecule has 0 aliphatic heterocycles. The molecule has 0 aromatic rings. The summed E-state index contributed by atoms with van der Waals surface area (Å²) in [7, 11) is 1.75. The zero-order valence-electron chi connectivity index (χ0n) is 26.8. The van der Waals surface area contributed by atoms with Gasteiger partial charge < -0.3 is 43.7 Å². The van der Waals surface area contributed by atoms with Gasteiger partial charge in [0.25, 0.3) is 0 Å². The van der Waals surface area contributed by atoms with Crippen LogP contribution in [0.4, 0.5) is 0 Å². The van der Waals surface area contributed by atoms with E-state index < -0.39 is 0 Å². The summed E-state index contributed by atoms with van der Waals surface area (Å²) >= 11 is 0. The van der Waals surface area contributed by atoms with Gasteiger partial charge in [0.15, 0.2) is 0 Å². The minimum atomic E-state index is 0.0705. The first-order valence-corrected chi connectivity index (χ1v) is 15.8. The second-order valence-corrected chi connectivity index (χ2v) is 9.61. The van der Waals surface area contributed by atoms with Gasteiger partial charge in [-0.2, -0.15) is 0 Å². The van der Waals surface area contributed by atoms with E-state index in [1.807, 2.05) is 6.92 Å². The largest absolute Gasteiger partial charge is 0.394 e. The van der Waals surface area contributed by atoms with Crippen molar-refractivity contribution in [3.63, 3.8) is 0 Å². The molecule has 0 saturated heterocycles. The van der Waals surface area contributed by atoms with Crippen molar-refractivity contribution in [3.8, 4) is 0 Å². The molecule has 11 heteroatoms. The molecule has 250 valence electrons. The monoisotopic (exact) mass is 598 g/mol. The third-order valence-corrected chi connectivity index (χ3v) is 6.05. The maximum Gasteiger partial charge on any atom is 0.0698 e. The van der Waals surface area contributed by atoms with Gasteiger partial charge in [0.2, 0.25) is 0 Å². The number of aliphatic hydroxyl groups is 3. The van der Waals surface area contributed by atoms with Crippen molar-refractivity contribution in [2.75, 3.05) is 139 Å². The molecule has 41 heavy (non-hydrogen) atoms. The molecule has 0 bridgehead atoms. The molecule has 0 spiro atoms. The lowest BCUT2D eigenvalue weighted by Gasteiger charge is -2.22. The Morgan fingerprint density at radius 1 is 0.415 bits per heavy atom. The molecule has 0 rings (SSSR count). The van der Waals surface area contributed by atoms with Crippen LogP contribution < -0.4 is 0 Å². The van der Waals surface area contributed by atoms with Gasteiger partial charge in [0, 0.05) is 66.3 Å². The van der Waals surface area contributed by atoms with Gasteiger partial charge in [-0.05, 0) is 39.2 Å².